The van der Waals surface area contributed by atoms with Gasteiger partial charge in [0.05, 0.1) is 18.8 Å². The van der Waals surface area contributed by atoms with Crippen LogP contribution in [0.2, 0.25) is 0 Å². The normalized spacial score (nSPS) is 15.1. The fraction of sp³-hybridized carbons (Fsp3) is 0.500. The van der Waals surface area contributed by atoms with E-state index in [4.69, 9.17) is 5.11 Å². The second-order valence-corrected chi connectivity index (χ2v) is 3.98. The summed E-state index contributed by atoms with van der Waals surface area (Å²) in [6.45, 7) is -0.337. The van der Waals surface area contributed by atoms with Gasteiger partial charge in [-0.1, -0.05) is 6.07 Å². The number of halogens is 3. The van der Waals surface area contributed by atoms with E-state index in [0.29, 0.717) is 0 Å². The summed E-state index contributed by atoms with van der Waals surface area (Å²) in [6.07, 6.45) is -7.28. The van der Waals surface area contributed by atoms with Gasteiger partial charge in [-0.05, 0) is 24.1 Å². The minimum atomic E-state index is -4.56. The maximum atomic E-state index is 12.6. The van der Waals surface area contributed by atoms with Crippen LogP contribution in [0.25, 0.3) is 0 Å². The SMILES string of the molecule is COc1cc(C(O)C(O)CCO)ccc1C(F)(F)F. The van der Waals surface area contributed by atoms with E-state index < -0.39 is 29.7 Å². The summed E-state index contributed by atoms with van der Waals surface area (Å²) >= 11 is 0. The van der Waals surface area contributed by atoms with Gasteiger partial charge in [0, 0.05) is 6.61 Å². The molecule has 4 nitrogen and oxygen atoms in total. The molecule has 0 bridgehead atoms. The van der Waals surface area contributed by atoms with Crippen LogP contribution in [0.5, 0.6) is 5.75 Å². The van der Waals surface area contributed by atoms with Gasteiger partial charge >= 0.3 is 6.18 Å². The summed E-state index contributed by atoms with van der Waals surface area (Å²) in [5.74, 6) is -0.430. The summed E-state index contributed by atoms with van der Waals surface area (Å²) in [5, 5.41) is 27.9. The molecule has 0 aromatic heterocycles. The average molecular weight is 280 g/mol. The molecule has 1 aromatic carbocycles. The lowest BCUT2D eigenvalue weighted by Crippen LogP contribution is -2.20. The van der Waals surface area contributed by atoms with Crippen molar-refractivity contribution in [3.05, 3.63) is 29.3 Å². The van der Waals surface area contributed by atoms with Gasteiger partial charge < -0.3 is 20.1 Å². The third kappa shape index (κ3) is 3.82. The van der Waals surface area contributed by atoms with Crippen LogP contribution in [0.1, 0.15) is 23.7 Å². The van der Waals surface area contributed by atoms with Crippen LogP contribution in [0.4, 0.5) is 13.2 Å². The summed E-state index contributed by atoms with van der Waals surface area (Å²) in [6, 6.07) is 2.87. The Morgan fingerprint density at radius 2 is 1.89 bits per heavy atom. The zero-order valence-electron chi connectivity index (χ0n) is 10.2. The van der Waals surface area contributed by atoms with Crippen molar-refractivity contribution in [1.82, 2.24) is 0 Å². The molecule has 2 atom stereocenters. The van der Waals surface area contributed by atoms with Crippen molar-refractivity contribution in [3.8, 4) is 5.75 Å². The first-order chi connectivity index (χ1) is 8.81. The van der Waals surface area contributed by atoms with Gasteiger partial charge in [-0.25, -0.2) is 0 Å². The van der Waals surface area contributed by atoms with E-state index in [0.717, 1.165) is 25.3 Å². The summed E-state index contributed by atoms with van der Waals surface area (Å²) in [4.78, 5) is 0. The van der Waals surface area contributed by atoms with Gasteiger partial charge in [-0.3, -0.25) is 0 Å². The highest BCUT2D eigenvalue weighted by Crippen LogP contribution is 2.37. The Hall–Kier alpha value is -1.31. The van der Waals surface area contributed by atoms with Crippen LogP contribution >= 0.6 is 0 Å². The zero-order chi connectivity index (χ0) is 14.6. The van der Waals surface area contributed by atoms with Crippen molar-refractivity contribution in [2.45, 2.75) is 24.8 Å². The smallest absolute Gasteiger partial charge is 0.419 e. The number of rotatable bonds is 5. The Morgan fingerprint density at radius 1 is 1.26 bits per heavy atom. The summed E-state index contributed by atoms with van der Waals surface area (Å²) in [5.41, 5.74) is -0.867. The lowest BCUT2D eigenvalue weighted by molar-refractivity contribution is -0.138. The predicted octanol–water partition coefficient (Wildman–Crippen LogP) is 1.49. The van der Waals surface area contributed by atoms with Crippen molar-refractivity contribution in [2.75, 3.05) is 13.7 Å². The van der Waals surface area contributed by atoms with Crippen molar-refractivity contribution in [1.29, 1.82) is 0 Å². The highest BCUT2D eigenvalue weighted by molar-refractivity contribution is 5.40. The van der Waals surface area contributed by atoms with Gasteiger partial charge in [-0.2, -0.15) is 13.2 Å². The molecule has 0 saturated heterocycles. The van der Waals surface area contributed by atoms with Gasteiger partial charge in [0.2, 0.25) is 0 Å². The van der Waals surface area contributed by atoms with Crippen LogP contribution in [0.3, 0.4) is 0 Å². The van der Waals surface area contributed by atoms with Gasteiger partial charge in [0.25, 0.3) is 0 Å². The average Bonchev–Trinajstić information content (AvgIpc) is 2.36. The molecule has 7 heteroatoms. The van der Waals surface area contributed by atoms with Crippen LogP contribution in [-0.4, -0.2) is 35.1 Å². The zero-order valence-corrected chi connectivity index (χ0v) is 10.2. The van der Waals surface area contributed by atoms with Gasteiger partial charge in [0.1, 0.15) is 11.9 Å². The van der Waals surface area contributed by atoms with Crippen molar-refractivity contribution in [2.24, 2.45) is 0 Å². The van der Waals surface area contributed by atoms with Crippen LogP contribution in [0, 0.1) is 0 Å². The first-order valence-corrected chi connectivity index (χ1v) is 5.53. The number of ether oxygens (including phenoxy) is 1. The Kier molecular flexibility index (Phi) is 5.16. The summed E-state index contributed by atoms with van der Waals surface area (Å²) in [7, 11) is 1.09. The first-order valence-electron chi connectivity index (χ1n) is 5.53. The molecule has 19 heavy (non-hydrogen) atoms. The molecule has 0 heterocycles. The van der Waals surface area contributed by atoms with E-state index in [1.165, 1.54) is 0 Å². The van der Waals surface area contributed by atoms with Gasteiger partial charge in [0.15, 0.2) is 0 Å². The Labute approximate surface area is 108 Å². The standard InChI is InChI=1S/C12H15F3O4/c1-19-10-6-7(11(18)9(17)4-5-16)2-3-8(10)12(13,14)15/h2-3,6,9,11,16-18H,4-5H2,1H3. The van der Waals surface area contributed by atoms with Crippen molar-refractivity contribution < 1.29 is 33.2 Å². The quantitative estimate of drug-likeness (QED) is 0.764. The molecule has 0 aliphatic heterocycles. The largest absolute Gasteiger partial charge is 0.496 e. The Morgan fingerprint density at radius 3 is 2.37 bits per heavy atom. The lowest BCUT2D eigenvalue weighted by atomic mass is 10.00. The van der Waals surface area contributed by atoms with Crippen LogP contribution in [0.15, 0.2) is 18.2 Å². The number of alkyl halides is 3. The van der Waals surface area contributed by atoms with E-state index in [1.54, 1.807) is 0 Å². The fourth-order valence-corrected chi connectivity index (χ4v) is 1.64. The second kappa shape index (κ2) is 6.23. The van der Waals surface area contributed by atoms with Gasteiger partial charge in [-0.15, -0.1) is 0 Å². The number of benzene rings is 1. The molecule has 108 valence electrons. The maximum absolute atomic E-state index is 12.6. The molecule has 0 fully saturated rings. The monoisotopic (exact) mass is 280 g/mol. The number of hydrogen-bond donors (Lipinski definition) is 3. The molecule has 0 aliphatic rings. The van der Waals surface area contributed by atoms with Crippen LogP contribution < -0.4 is 4.74 Å². The molecule has 0 spiro atoms. The van der Waals surface area contributed by atoms with Crippen molar-refractivity contribution in [3.63, 3.8) is 0 Å². The molecule has 1 aromatic rings. The number of hydrogen-bond acceptors (Lipinski definition) is 4. The molecule has 3 N–H and O–H groups in total. The third-order valence-electron chi connectivity index (χ3n) is 2.66. The summed E-state index contributed by atoms with van der Waals surface area (Å²) < 4.78 is 42.5. The van der Waals surface area contributed by atoms with E-state index in [1.807, 2.05) is 0 Å². The third-order valence-corrected chi connectivity index (χ3v) is 2.66. The van der Waals surface area contributed by atoms with E-state index in [2.05, 4.69) is 4.74 Å². The van der Waals surface area contributed by atoms with Crippen LogP contribution in [-0.2, 0) is 6.18 Å². The van der Waals surface area contributed by atoms with E-state index >= 15 is 0 Å². The minimum absolute atomic E-state index is 0.0789. The van der Waals surface area contributed by atoms with E-state index in [-0.39, 0.29) is 18.6 Å². The Balaban J connectivity index is 3.06. The topological polar surface area (TPSA) is 69.9 Å². The minimum Gasteiger partial charge on any atom is -0.496 e. The second-order valence-electron chi connectivity index (χ2n) is 3.98. The molecular formula is C12H15F3O4. The highest BCUT2D eigenvalue weighted by Gasteiger charge is 2.34. The highest BCUT2D eigenvalue weighted by atomic mass is 19.4. The molecule has 2 unspecified atom stereocenters. The molecule has 0 aliphatic carbocycles. The molecule has 0 saturated carbocycles. The fourth-order valence-electron chi connectivity index (χ4n) is 1.64. The first kappa shape index (κ1) is 15.7. The molecule has 0 amide bonds. The molecule has 1 rings (SSSR count). The predicted molar refractivity (Wildman–Crippen MR) is 60.7 cm³/mol. The number of aliphatic hydroxyl groups is 3. The van der Waals surface area contributed by atoms with Crippen molar-refractivity contribution >= 4 is 0 Å². The maximum Gasteiger partial charge on any atom is 0.419 e. The number of methoxy groups -OCH3 is 1. The number of aliphatic hydroxyl groups excluding tert-OH is 3. The lowest BCUT2D eigenvalue weighted by Gasteiger charge is -2.19. The molecule has 0 radical (unpaired) electrons. The van der Waals surface area contributed by atoms with E-state index in [9.17, 15) is 23.4 Å². The Bertz CT molecular complexity index is 420. The molecular weight excluding hydrogens is 265 g/mol.